The first kappa shape index (κ1) is 15.0. The van der Waals surface area contributed by atoms with Gasteiger partial charge in [0, 0.05) is 17.0 Å². The average molecular weight is 296 g/mol. The number of carbonyl (C=O) groups is 2. The normalized spacial score (nSPS) is 17.6. The molecule has 4 nitrogen and oxygen atoms in total. The summed E-state index contributed by atoms with van der Waals surface area (Å²) >= 11 is 5.78. The van der Waals surface area contributed by atoms with Gasteiger partial charge in [0.15, 0.2) is 5.78 Å². The Balaban J connectivity index is 2.05. The van der Waals surface area contributed by atoms with E-state index in [1.807, 2.05) is 4.90 Å². The maximum absolute atomic E-state index is 12.2. The van der Waals surface area contributed by atoms with Crippen molar-refractivity contribution in [2.45, 2.75) is 31.7 Å². The molecule has 0 aliphatic carbocycles. The van der Waals surface area contributed by atoms with E-state index in [9.17, 15) is 14.7 Å². The van der Waals surface area contributed by atoms with Crippen LogP contribution in [-0.4, -0.2) is 40.9 Å². The smallest absolute Gasteiger partial charge is 0.321 e. The summed E-state index contributed by atoms with van der Waals surface area (Å²) in [6.45, 7) is 1.51. The van der Waals surface area contributed by atoms with Crippen molar-refractivity contribution >= 4 is 23.4 Å². The van der Waals surface area contributed by atoms with Crippen LogP contribution in [0, 0.1) is 0 Å². The maximum atomic E-state index is 12.2. The zero-order valence-corrected chi connectivity index (χ0v) is 12.0. The summed E-state index contributed by atoms with van der Waals surface area (Å²) in [5.74, 6) is -1.08. The van der Waals surface area contributed by atoms with Crippen LogP contribution < -0.4 is 0 Å². The van der Waals surface area contributed by atoms with Crippen molar-refractivity contribution < 1.29 is 14.7 Å². The van der Waals surface area contributed by atoms with Crippen LogP contribution in [0.5, 0.6) is 0 Å². The summed E-state index contributed by atoms with van der Waals surface area (Å²) in [5.41, 5.74) is 0.512. The van der Waals surface area contributed by atoms with Crippen molar-refractivity contribution in [2.75, 3.05) is 13.1 Å². The summed E-state index contributed by atoms with van der Waals surface area (Å²) in [6, 6.07) is 5.84. The number of carboxylic acid groups (broad SMARTS) is 1. The van der Waals surface area contributed by atoms with E-state index in [-0.39, 0.29) is 12.2 Å². The van der Waals surface area contributed by atoms with E-state index in [0.29, 0.717) is 10.6 Å². The largest absolute Gasteiger partial charge is 0.480 e. The van der Waals surface area contributed by atoms with Gasteiger partial charge in [-0.15, -0.1) is 0 Å². The monoisotopic (exact) mass is 295 g/mol. The molecule has 20 heavy (non-hydrogen) atoms. The average Bonchev–Trinajstić information content (AvgIpc) is 2.46. The zero-order valence-electron chi connectivity index (χ0n) is 11.2. The predicted octanol–water partition coefficient (Wildman–Crippen LogP) is 2.85. The van der Waals surface area contributed by atoms with Gasteiger partial charge in [0.05, 0.1) is 0 Å². The molecule has 0 bridgehead atoms. The fraction of sp³-hybridized carbons (Fsp3) is 0.467. The summed E-state index contributed by atoms with van der Waals surface area (Å²) < 4.78 is 0. The predicted molar refractivity (Wildman–Crippen MR) is 77.2 cm³/mol. The van der Waals surface area contributed by atoms with Gasteiger partial charge in [0.2, 0.25) is 0 Å². The number of hydrogen-bond donors (Lipinski definition) is 1. The number of nitrogens with zero attached hydrogens (tertiary/aromatic N) is 1. The molecule has 1 saturated heterocycles. The Morgan fingerprint density at radius 3 is 2.30 bits per heavy atom. The highest BCUT2D eigenvalue weighted by atomic mass is 35.5. The van der Waals surface area contributed by atoms with Crippen molar-refractivity contribution in [3.8, 4) is 0 Å². The Bertz CT molecular complexity index is 480. The molecule has 5 heteroatoms. The number of benzene rings is 1. The van der Waals surface area contributed by atoms with Crippen molar-refractivity contribution in [2.24, 2.45) is 0 Å². The number of Topliss-reactive ketones (excluding diaryl/α,β-unsaturated/α-hetero) is 1. The lowest BCUT2D eigenvalue weighted by molar-refractivity contribution is -0.143. The molecular weight excluding hydrogens is 278 g/mol. The molecule has 1 fully saturated rings. The lowest BCUT2D eigenvalue weighted by atomic mass is 10.0. The van der Waals surface area contributed by atoms with Gasteiger partial charge in [-0.05, 0) is 50.2 Å². The van der Waals surface area contributed by atoms with Crippen molar-refractivity contribution in [3.05, 3.63) is 34.9 Å². The van der Waals surface area contributed by atoms with E-state index in [1.54, 1.807) is 24.3 Å². The number of carboxylic acids is 1. The van der Waals surface area contributed by atoms with E-state index in [0.717, 1.165) is 32.4 Å². The molecule has 2 rings (SSSR count). The Morgan fingerprint density at radius 1 is 1.15 bits per heavy atom. The molecule has 1 aliphatic rings. The van der Waals surface area contributed by atoms with Gasteiger partial charge in [-0.1, -0.05) is 18.0 Å². The molecule has 1 aliphatic heterocycles. The third kappa shape index (κ3) is 3.81. The molecule has 0 radical (unpaired) electrons. The maximum Gasteiger partial charge on any atom is 0.321 e. The Hall–Kier alpha value is -1.39. The third-order valence-electron chi connectivity index (χ3n) is 3.66. The number of carbonyl (C=O) groups excluding carboxylic acids is 1. The number of likely N-dealkylation sites (tertiary alicyclic amines) is 1. The second-order valence-electron chi connectivity index (χ2n) is 5.08. The van der Waals surface area contributed by atoms with Crippen LogP contribution in [0.2, 0.25) is 5.02 Å². The molecule has 0 aromatic heterocycles. The lowest BCUT2D eigenvalue weighted by Gasteiger charge is -2.31. The first-order chi connectivity index (χ1) is 9.58. The van der Waals surface area contributed by atoms with Crippen molar-refractivity contribution in [3.63, 3.8) is 0 Å². The summed E-state index contributed by atoms with van der Waals surface area (Å²) in [5, 5.41) is 9.91. The van der Waals surface area contributed by atoms with Gasteiger partial charge >= 0.3 is 5.97 Å². The van der Waals surface area contributed by atoms with Gasteiger partial charge in [-0.25, -0.2) is 0 Å². The standard InChI is InChI=1S/C15H18ClNO3/c16-12-6-4-11(5-7-12)14(18)10-13(15(19)20)17-8-2-1-3-9-17/h4-7,13H,1-3,8-10H2,(H,19,20). The van der Waals surface area contributed by atoms with Crippen LogP contribution in [0.15, 0.2) is 24.3 Å². The fourth-order valence-electron chi connectivity index (χ4n) is 2.53. The number of aliphatic carboxylic acids is 1. The van der Waals surface area contributed by atoms with Gasteiger partial charge in [-0.2, -0.15) is 0 Å². The Labute approximate surface area is 123 Å². The second kappa shape index (κ2) is 6.86. The topological polar surface area (TPSA) is 57.6 Å². The quantitative estimate of drug-likeness (QED) is 0.849. The molecule has 1 aromatic rings. The van der Waals surface area contributed by atoms with E-state index in [4.69, 9.17) is 11.6 Å². The van der Waals surface area contributed by atoms with E-state index >= 15 is 0 Å². The molecule has 0 spiro atoms. The molecular formula is C15H18ClNO3. The first-order valence-electron chi connectivity index (χ1n) is 6.83. The molecule has 1 unspecified atom stereocenters. The number of rotatable bonds is 5. The molecule has 1 heterocycles. The molecule has 1 N–H and O–H groups in total. The highest BCUT2D eigenvalue weighted by molar-refractivity contribution is 6.30. The summed E-state index contributed by atoms with van der Waals surface area (Å²) in [7, 11) is 0. The Morgan fingerprint density at radius 2 is 1.75 bits per heavy atom. The lowest BCUT2D eigenvalue weighted by Crippen LogP contribution is -2.45. The van der Waals surface area contributed by atoms with Crippen LogP contribution in [0.4, 0.5) is 0 Å². The highest BCUT2D eigenvalue weighted by Crippen LogP contribution is 2.18. The van der Waals surface area contributed by atoms with Gasteiger partial charge < -0.3 is 5.11 Å². The number of ketones is 1. The molecule has 108 valence electrons. The van der Waals surface area contributed by atoms with Gasteiger partial charge in [0.25, 0.3) is 0 Å². The Kier molecular flexibility index (Phi) is 5.15. The van der Waals surface area contributed by atoms with Crippen LogP contribution in [0.3, 0.4) is 0 Å². The number of piperidine rings is 1. The third-order valence-corrected chi connectivity index (χ3v) is 3.91. The zero-order chi connectivity index (χ0) is 14.5. The van der Waals surface area contributed by atoms with Gasteiger partial charge in [-0.3, -0.25) is 14.5 Å². The van der Waals surface area contributed by atoms with E-state index < -0.39 is 12.0 Å². The number of hydrogen-bond acceptors (Lipinski definition) is 3. The minimum atomic E-state index is -0.922. The second-order valence-corrected chi connectivity index (χ2v) is 5.52. The van der Waals surface area contributed by atoms with Crippen LogP contribution >= 0.6 is 11.6 Å². The van der Waals surface area contributed by atoms with E-state index in [1.165, 1.54) is 0 Å². The molecule has 1 aromatic carbocycles. The molecule has 0 saturated carbocycles. The molecule has 0 amide bonds. The van der Waals surface area contributed by atoms with Crippen LogP contribution in [-0.2, 0) is 4.79 Å². The minimum Gasteiger partial charge on any atom is -0.480 e. The fourth-order valence-corrected chi connectivity index (χ4v) is 2.66. The van der Waals surface area contributed by atoms with Crippen LogP contribution in [0.25, 0.3) is 0 Å². The van der Waals surface area contributed by atoms with Crippen molar-refractivity contribution in [1.82, 2.24) is 4.90 Å². The minimum absolute atomic E-state index is 0.0109. The molecule has 1 atom stereocenters. The summed E-state index contributed by atoms with van der Waals surface area (Å²) in [6.07, 6.45) is 3.14. The first-order valence-corrected chi connectivity index (χ1v) is 7.21. The van der Waals surface area contributed by atoms with Crippen molar-refractivity contribution in [1.29, 1.82) is 0 Å². The van der Waals surface area contributed by atoms with Crippen LogP contribution in [0.1, 0.15) is 36.0 Å². The van der Waals surface area contributed by atoms with Gasteiger partial charge in [0.1, 0.15) is 6.04 Å². The summed E-state index contributed by atoms with van der Waals surface area (Å²) in [4.78, 5) is 25.5. The SMILES string of the molecule is O=C(CC(C(=O)O)N1CCCCC1)c1ccc(Cl)cc1. The highest BCUT2D eigenvalue weighted by Gasteiger charge is 2.29. The van der Waals surface area contributed by atoms with E-state index in [2.05, 4.69) is 0 Å². The number of halogens is 1.